The number of nitrogens with one attached hydrogen (secondary N) is 1. The van der Waals surface area contributed by atoms with Gasteiger partial charge in [-0.15, -0.1) is 0 Å². The number of benzene rings is 3. The maximum absolute atomic E-state index is 14.4. The van der Waals surface area contributed by atoms with Gasteiger partial charge in [0.05, 0.1) is 16.1 Å². The predicted octanol–water partition coefficient (Wildman–Crippen LogP) is 4.90. The molecule has 8 heteroatoms. The summed E-state index contributed by atoms with van der Waals surface area (Å²) in [5.74, 6) is -0.660. The van der Waals surface area contributed by atoms with Crippen LogP contribution in [0.5, 0.6) is 11.5 Å². The van der Waals surface area contributed by atoms with E-state index in [9.17, 15) is 17.6 Å². The summed E-state index contributed by atoms with van der Waals surface area (Å²) in [5.41, 5.74) is -0.0458. The molecule has 0 aliphatic carbocycles. The van der Waals surface area contributed by atoms with Crippen molar-refractivity contribution in [3.05, 3.63) is 84.2 Å². The van der Waals surface area contributed by atoms with Crippen LogP contribution in [0.25, 0.3) is 0 Å². The van der Waals surface area contributed by atoms with Gasteiger partial charge >= 0.3 is 0 Å². The Bertz CT molecular complexity index is 1160. The number of hydrogen-bond acceptors (Lipinski definition) is 4. The van der Waals surface area contributed by atoms with E-state index >= 15 is 0 Å². The van der Waals surface area contributed by atoms with Crippen LogP contribution >= 0.6 is 0 Å². The number of hydrogen-bond donors (Lipinski definition) is 1. The fraction of sp³-hybridized carbons (Fsp3) is 0.174. The van der Waals surface area contributed by atoms with Crippen LogP contribution < -0.4 is 10.1 Å². The van der Waals surface area contributed by atoms with Crippen molar-refractivity contribution in [1.29, 1.82) is 0 Å². The van der Waals surface area contributed by atoms with E-state index in [-0.39, 0.29) is 23.5 Å². The molecule has 0 aliphatic rings. The normalized spacial score (nSPS) is 11.4. The maximum atomic E-state index is 14.4. The third kappa shape index (κ3) is 5.10. The van der Waals surface area contributed by atoms with Crippen molar-refractivity contribution in [1.82, 2.24) is 4.31 Å². The van der Waals surface area contributed by atoms with Gasteiger partial charge < -0.3 is 10.1 Å². The third-order valence-electron chi connectivity index (χ3n) is 4.63. The zero-order valence-electron chi connectivity index (χ0n) is 17.2. The van der Waals surface area contributed by atoms with Gasteiger partial charge in [-0.25, -0.2) is 12.8 Å². The first-order valence-corrected chi connectivity index (χ1v) is 11.2. The molecule has 162 valence electrons. The van der Waals surface area contributed by atoms with Crippen LogP contribution in [-0.2, 0) is 10.0 Å². The molecule has 3 aromatic carbocycles. The number of carbonyl (C=O) groups excluding carboxylic acids is 1. The van der Waals surface area contributed by atoms with Crippen LogP contribution in [0.15, 0.2) is 77.7 Å². The van der Waals surface area contributed by atoms with Gasteiger partial charge in [0.1, 0.15) is 11.6 Å². The van der Waals surface area contributed by atoms with E-state index in [1.54, 1.807) is 50.2 Å². The largest absolute Gasteiger partial charge is 0.455 e. The average molecular weight is 443 g/mol. The molecule has 0 unspecified atom stereocenters. The minimum Gasteiger partial charge on any atom is -0.455 e. The van der Waals surface area contributed by atoms with E-state index < -0.39 is 21.7 Å². The van der Waals surface area contributed by atoms with E-state index in [4.69, 9.17) is 4.74 Å². The maximum Gasteiger partial charge on any atom is 0.258 e. The topological polar surface area (TPSA) is 75.7 Å². The molecule has 0 radical (unpaired) electrons. The number of nitrogens with zero attached hydrogens (tertiary/aromatic N) is 1. The molecular formula is C23H23FN2O4S. The molecule has 0 aromatic heterocycles. The fourth-order valence-electron chi connectivity index (χ4n) is 3.02. The lowest BCUT2D eigenvalue weighted by molar-refractivity contribution is 0.102. The molecule has 31 heavy (non-hydrogen) atoms. The minimum absolute atomic E-state index is 0.142. The van der Waals surface area contributed by atoms with Gasteiger partial charge in [-0.05, 0) is 42.5 Å². The Kier molecular flexibility index (Phi) is 7.04. The number of halogens is 1. The van der Waals surface area contributed by atoms with Crippen molar-refractivity contribution in [2.24, 2.45) is 0 Å². The van der Waals surface area contributed by atoms with Gasteiger partial charge in [0.15, 0.2) is 5.75 Å². The van der Waals surface area contributed by atoms with Gasteiger partial charge in [0, 0.05) is 13.1 Å². The summed E-state index contributed by atoms with van der Waals surface area (Å²) in [5, 5.41) is 2.61. The standard InChI is InChI=1S/C23H23FN2O4S/c1-3-26(4-2)31(28,29)18-14-15-20(24)19(16-18)23(27)25-21-12-8-9-13-22(21)30-17-10-6-5-7-11-17/h5-16H,3-4H2,1-2H3,(H,25,27). The SMILES string of the molecule is CCN(CC)S(=O)(=O)c1ccc(F)c(C(=O)Nc2ccccc2Oc2ccccc2)c1. The first-order valence-electron chi connectivity index (χ1n) is 9.79. The monoisotopic (exact) mass is 442 g/mol. The second-order valence-corrected chi connectivity index (χ2v) is 8.53. The van der Waals surface area contributed by atoms with Crippen molar-refractivity contribution >= 4 is 21.6 Å². The summed E-state index contributed by atoms with van der Waals surface area (Å²) in [6, 6.07) is 18.9. The zero-order valence-corrected chi connectivity index (χ0v) is 18.0. The van der Waals surface area contributed by atoms with Crippen LogP contribution in [-0.4, -0.2) is 31.7 Å². The highest BCUT2D eigenvalue weighted by atomic mass is 32.2. The van der Waals surface area contributed by atoms with E-state index in [1.807, 2.05) is 18.2 Å². The highest BCUT2D eigenvalue weighted by Crippen LogP contribution is 2.30. The summed E-state index contributed by atoms with van der Waals surface area (Å²) in [7, 11) is -3.83. The van der Waals surface area contributed by atoms with Gasteiger partial charge in [0.2, 0.25) is 10.0 Å². The summed E-state index contributed by atoms with van der Waals surface area (Å²) < 4.78 is 47.0. The van der Waals surface area contributed by atoms with Crippen LogP contribution in [0.1, 0.15) is 24.2 Å². The fourth-order valence-corrected chi connectivity index (χ4v) is 4.50. The van der Waals surface area contributed by atoms with Crippen LogP contribution in [0.2, 0.25) is 0 Å². The van der Waals surface area contributed by atoms with Crippen molar-refractivity contribution in [2.45, 2.75) is 18.7 Å². The molecule has 3 rings (SSSR count). The Hall–Kier alpha value is -3.23. The van der Waals surface area contributed by atoms with E-state index in [0.717, 1.165) is 18.2 Å². The lowest BCUT2D eigenvalue weighted by Crippen LogP contribution is -2.31. The van der Waals surface area contributed by atoms with Crippen molar-refractivity contribution in [3.63, 3.8) is 0 Å². The van der Waals surface area contributed by atoms with Gasteiger partial charge in [-0.2, -0.15) is 4.31 Å². The second-order valence-electron chi connectivity index (χ2n) is 6.60. The van der Waals surface area contributed by atoms with E-state index in [2.05, 4.69) is 5.32 Å². The Morgan fingerprint density at radius 2 is 1.61 bits per heavy atom. The highest BCUT2D eigenvalue weighted by molar-refractivity contribution is 7.89. The average Bonchev–Trinajstić information content (AvgIpc) is 2.76. The predicted molar refractivity (Wildman–Crippen MR) is 117 cm³/mol. The lowest BCUT2D eigenvalue weighted by Gasteiger charge is -2.19. The van der Waals surface area contributed by atoms with Crippen molar-refractivity contribution in [2.75, 3.05) is 18.4 Å². The number of amides is 1. The zero-order chi connectivity index (χ0) is 22.4. The lowest BCUT2D eigenvalue weighted by atomic mass is 10.2. The van der Waals surface area contributed by atoms with Gasteiger partial charge in [-0.1, -0.05) is 44.2 Å². The molecule has 1 amide bonds. The molecule has 0 spiro atoms. The van der Waals surface area contributed by atoms with Gasteiger partial charge in [0.25, 0.3) is 5.91 Å². The molecule has 0 heterocycles. The molecule has 0 bridgehead atoms. The molecule has 0 aliphatic heterocycles. The Labute approximate surface area is 181 Å². The molecule has 0 saturated carbocycles. The third-order valence-corrected chi connectivity index (χ3v) is 6.68. The Morgan fingerprint density at radius 3 is 2.29 bits per heavy atom. The number of para-hydroxylation sites is 3. The molecule has 1 N–H and O–H groups in total. The van der Waals surface area contributed by atoms with Gasteiger partial charge in [-0.3, -0.25) is 4.79 Å². The first kappa shape index (κ1) is 22.5. The van der Waals surface area contributed by atoms with E-state index in [0.29, 0.717) is 17.2 Å². The molecule has 0 saturated heterocycles. The summed E-state index contributed by atoms with van der Waals surface area (Å²) in [6.45, 7) is 3.95. The summed E-state index contributed by atoms with van der Waals surface area (Å²) >= 11 is 0. The van der Waals surface area contributed by atoms with Crippen LogP contribution in [0, 0.1) is 5.82 Å². The minimum atomic E-state index is -3.83. The molecule has 6 nitrogen and oxygen atoms in total. The Morgan fingerprint density at radius 1 is 0.968 bits per heavy atom. The first-order chi connectivity index (χ1) is 14.9. The van der Waals surface area contributed by atoms with E-state index in [1.165, 1.54) is 4.31 Å². The highest BCUT2D eigenvalue weighted by Gasteiger charge is 2.24. The molecule has 3 aromatic rings. The molecule has 0 fully saturated rings. The second kappa shape index (κ2) is 9.72. The number of rotatable bonds is 8. The van der Waals surface area contributed by atoms with Crippen molar-refractivity contribution in [3.8, 4) is 11.5 Å². The smallest absolute Gasteiger partial charge is 0.258 e. The van der Waals surface area contributed by atoms with Crippen LogP contribution in [0.4, 0.5) is 10.1 Å². The summed E-state index contributed by atoms with van der Waals surface area (Å²) in [4.78, 5) is 12.7. The molecule has 0 atom stereocenters. The number of anilines is 1. The molecular weight excluding hydrogens is 419 g/mol. The number of carbonyl (C=O) groups is 1. The van der Waals surface area contributed by atoms with Crippen LogP contribution in [0.3, 0.4) is 0 Å². The summed E-state index contributed by atoms with van der Waals surface area (Å²) in [6.07, 6.45) is 0. The Balaban J connectivity index is 1.90. The number of sulfonamides is 1. The van der Waals surface area contributed by atoms with Crippen molar-refractivity contribution < 1.29 is 22.3 Å². The quantitative estimate of drug-likeness (QED) is 0.538. The number of ether oxygens (including phenoxy) is 1.